The third-order valence-electron chi connectivity index (χ3n) is 3.58. The number of nitrogens with two attached hydrogens (primary N) is 1. The molecule has 0 atom stereocenters. The minimum Gasteiger partial charge on any atom is -0.390 e. The molecule has 0 aliphatic rings. The molecular weight excluding hydrogens is 280 g/mol. The topological polar surface area (TPSA) is 67.1 Å². The number of fused-ring (bicyclic) bond motifs is 1. The van der Waals surface area contributed by atoms with E-state index in [1.165, 1.54) is 22.1 Å². The van der Waals surface area contributed by atoms with Gasteiger partial charge in [-0.25, -0.2) is 9.98 Å². The summed E-state index contributed by atoms with van der Waals surface area (Å²) in [7, 11) is 0. The molecule has 0 aliphatic heterocycles. The average molecular weight is 300 g/mol. The molecule has 3 rings (SSSR count). The molecule has 21 heavy (non-hydrogen) atoms. The Kier molecular flexibility index (Phi) is 3.51. The second-order valence-electron chi connectivity index (χ2n) is 5.37. The third kappa shape index (κ3) is 2.34. The molecule has 3 aromatic heterocycles. The summed E-state index contributed by atoms with van der Waals surface area (Å²) in [4.78, 5) is 13.2. The second-order valence-corrected chi connectivity index (χ2v) is 6.29. The zero-order valence-corrected chi connectivity index (χ0v) is 13.2. The number of nitrogens with one attached hydrogen (secondary N) is 1. The minimum atomic E-state index is 0. The predicted octanol–water partition coefficient (Wildman–Crippen LogP) is 4.59. The summed E-state index contributed by atoms with van der Waals surface area (Å²) in [6, 6.07) is 4.29. The molecule has 0 bridgehead atoms. The maximum atomic E-state index is 5.34. The summed E-state index contributed by atoms with van der Waals surface area (Å²) < 4.78 is 0. The van der Waals surface area contributed by atoms with Crippen LogP contribution in [0.1, 0.15) is 32.3 Å². The van der Waals surface area contributed by atoms with E-state index in [1.54, 1.807) is 11.3 Å². The van der Waals surface area contributed by atoms with Gasteiger partial charge in [-0.15, -0.1) is 11.3 Å². The summed E-state index contributed by atoms with van der Waals surface area (Å²) in [6.07, 6.45) is 3.13. The standard InChI is InChI=1S/C16H18N4S.H2/c1-9(2)13-12-4-5-21-16(12)20-14(13)11-6-10(3)15(18-7-11)19-8-17;/h4-9,20H,1-3H3,(H2,17,18,19);1H. The van der Waals surface area contributed by atoms with Gasteiger partial charge in [0.2, 0.25) is 0 Å². The first-order chi connectivity index (χ1) is 10.1. The van der Waals surface area contributed by atoms with Crippen molar-refractivity contribution in [3.05, 3.63) is 34.8 Å². The quantitative estimate of drug-likeness (QED) is 0.549. The van der Waals surface area contributed by atoms with Crippen molar-refractivity contribution < 1.29 is 1.43 Å². The van der Waals surface area contributed by atoms with Crippen LogP contribution in [0.3, 0.4) is 0 Å². The van der Waals surface area contributed by atoms with Crippen LogP contribution in [0.5, 0.6) is 0 Å². The number of rotatable bonds is 3. The Bertz CT molecular complexity index is 817. The van der Waals surface area contributed by atoms with Crippen molar-refractivity contribution in [2.45, 2.75) is 26.7 Å². The lowest BCUT2D eigenvalue weighted by molar-refractivity contribution is 0.878. The first-order valence-electron chi connectivity index (χ1n) is 6.92. The first-order valence-corrected chi connectivity index (χ1v) is 7.80. The molecular formula is C16H20N4S. The monoisotopic (exact) mass is 300 g/mol. The van der Waals surface area contributed by atoms with Crippen LogP contribution < -0.4 is 5.73 Å². The van der Waals surface area contributed by atoms with Crippen molar-refractivity contribution in [2.75, 3.05) is 0 Å². The highest BCUT2D eigenvalue weighted by molar-refractivity contribution is 7.16. The Balaban J connectivity index is 0.00000176. The molecule has 0 saturated carbocycles. The van der Waals surface area contributed by atoms with Gasteiger partial charge in [-0.1, -0.05) is 13.8 Å². The van der Waals surface area contributed by atoms with Gasteiger partial charge >= 0.3 is 0 Å². The fourth-order valence-corrected chi connectivity index (χ4v) is 3.48. The largest absolute Gasteiger partial charge is 0.390 e. The Morgan fingerprint density at radius 3 is 2.95 bits per heavy atom. The van der Waals surface area contributed by atoms with Crippen LogP contribution in [0.4, 0.5) is 5.82 Å². The maximum absolute atomic E-state index is 5.34. The number of aromatic amines is 1. The molecule has 0 unspecified atom stereocenters. The normalized spacial score (nSPS) is 12.0. The number of pyridine rings is 1. The van der Waals surface area contributed by atoms with Gasteiger partial charge in [-0.3, -0.25) is 0 Å². The van der Waals surface area contributed by atoms with Gasteiger partial charge in [-0.05, 0) is 41.5 Å². The molecule has 110 valence electrons. The molecule has 3 N–H and O–H groups in total. The van der Waals surface area contributed by atoms with E-state index < -0.39 is 0 Å². The number of hydrogen-bond acceptors (Lipinski definition) is 3. The Hall–Kier alpha value is -2.14. The molecule has 3 aromatic rings. The first kappa shape index (κ1) is 13.8. The van der Waals surface area contributed by atoms with Crippen LogP contribution >= 0.6 is 11.3 Å². The number of aromatic nitrogens is 2. The van der Waals surface area contributed by atoms with Gasteiger partial charge in [0.25, 0.3) is 0 Å². The molecule has 0 fully saturated rings. The number of thiophene rings is 1. The van der Waals surface area contributed by atoms with E-state index in [-0.39, 0.29) is 1.43 Å². The van der Waals surface area contributed by atoms with Gasteiger partial charge in [0.1, 0.15) is 4.83 Å². The predicted molar refractivity (Wildman–Crippen MR) is 92.7 cm³/mol. The van der Waals surface area contributed by atoms with E-state index in [4.69, 9.17) is 5.73 Å². The van der Waals surface area contributed by atoms with Crippen LogP contribution in [0.15, 0.2) is 28.7 Å². The minimum absolute atomic E-state index is 0. The van der Waals surface area contributed by atoms with Crippen molar-refractivity contribution in [2.24, 2.45) is 10.7 Å². The van der Waals surface area contributed by atoms with Gasteiger partial charge in [0.05, 0.1) is 12.0 Å². The molecule has 3 heterocycles. The number of nitrogens with zero attached hydrogens (tertiary/aromatic N) is 2. The Morgan fingerprint density at radius 2 is 2.29 bits per heavy atom. The van der Waals surface area contributed by atoms with E-state index in [1.807, 2.05) is 13.1 Å². The van der Waals surface area contributed by atoms with Crippen molar-refractivity contribution >= 4 is 33.7 Å². The lowest BCUT2D eigenvalue weighted by Crippen LogP contribution is -1.93. The van der Waals surface area contributed by atoms with E-state index in [9.17, 15) is 0 Å². The van der Waals surface area contributed by atoms with Crippen LogP contribution in [0.25, 0.3) is 21.5 Å². The highest BCUT2D eigenvalue weighted by atomic mass is 32.1. The van der Waals surface area contributed by atoms with Crippen LogP contribution in [0.2, 0.25) is 0 Å². The zero-order chi connectivity index (χ0) is 15.0. The number of hydrogen-bond donors (Lipinski definition) is 2. The Labute approximate surface area is 129 Å². The summed E-state index contributed by atoms with van der Waals surface area (Å²) in [5.41, 5.74) is 9.96. The SMILES string of the molecule is Cc1cc(-c2[nH]c3sccc3c2C(C)C)cnc1N=CN.[HH]. The number of aryl methyl sites for hydroxylation is 1. The molecule has 0 aromatic carbocycles. The van der Waals surface area contributed by atoms with Crippen molar-refractivity contribution in [1.82, 2.24) is 9.97 Å². The van der Waals surface area contributed by atoms with Crippen molar-refractivity contribution in [3.8, 4) is 11.3 Å². The molecule has 0 saturated heterocycles. The van der Waals surface area contributed by atoms with Crippen LogP contribution in [-0.4, -0.2) is 16.3 Å². The van der Waals surface area contributed by atoms with E-state index >= 15 is 0 Å². The third-order valence-corrected chi connectivity index (χ3v) is 4.41. The van der Waals surface area contributed by atoms with Crippen molar-refractivity contribution in [1.29, 1.82) is 0 Å². The number of H-pyrrole nitrogens is 1. The molecule has 0 spiro atoms. The fourth-order valence-electron chi connectivity index (χ4n) is 2.67. The average Bonchev–Trinajstić information content (AvgIpc) is 3.00. The van der Waals surface area contributed by atoms with E-state index in [0.717, 1.165) is 16.8 Å². The van der Waals surface area contributed by atoms with Gasteiger partial charge < -0.3 is 10.7 Å². The molecule has 5 heteroatoms. The molecule has 0 amide bonds. The van der Waals surface area contributed by atoms with Gasteiger partial charge in [-0.2, -0.15) is 0 Å². The smallest absolute Gasteiger partial charge is 0.156 e. The highest BCUT2D eigenvalue weighted by Gasteiger charge is 2.17. The van der Waals surface area contributed by atoms with Gasteiger partial charge in [0, 0.05) is 18.6 Å². The molecule has 0 aliphatic carbocycles. The van der Waals surface area contributed by atoms with E-state index in [0.29, 0.717) is 11.7 Å². The number of aliphatic imine (C=N–C) groups is 1. The maximum Gasteiger partial charge on any atom is 0.156 e. The Morgan fingerprint density at radius 1 is 1.48 bits per heavy atom. The summed E-state index contributed by atoms with van der Waals surface area (Å²) in [5, 5.41) is 3.44. The van der Waals surface area contributed by atoms with E-state index in [2.05, 4.69) is 46.3 Å². The summed E-state index contributed by atoms with van der Waals surface area (Å²) in [5.74, 6) is 1.12. The lowest BCUT2D eigenvalue weighted by Gasteiger charge is -2.09. The molecule has 0 radical (unpaired) electrons. The lowest BCUT2D eigenvalue weighted by atomic mass is 9.97. The zero-order valence-electron chi connectivity index (χ0n) is 12.3. The summed E-state index contributed by atoms with van der Waals surface area (Å²) in [6.45, 7) is 6.44. The fraction of sp³-hybridized carbons (Fsp3) is 0.250. The summed E-state index contributed by atoms with van der Waals surface area (Å²) >= 11 is 1.73. The van der Waals surface area contributed by atoms with Crippen molar-refractivity contribution in [3.63, 3.8) is 0 Å². The van der Waals surface area contributed by atoms with Crippen LogP contribution in [0, 0.1) is 6.92 Å². The highest BCUT2D eigenvalue weighted by Crippen LogP contribution is 2.38. The van der Waals surface area contributed by atoms with Crippen LogP contribution in [-0.2, 0) is 0 Å². The molecule has 4 nitrogen and oxygen atoms in total. The van der Waals surface area contributed by atoms with Gasteiger partial charge in [0.15, 0.2) is 5.82 Å². The second kappa shape index (κ2) is 5.33.